The molecule has 4 nitrogen and oxygen atoms in total. The van der Waals surface area contributed by atoms with Crippen LogP contribution in [0.2, 0.25) is 0 Å². The molecular formula is C14H20N2O2S. The molecule has 1 aromatic carbocycles. The lowest BCUT2D eigenvalue weighted by Crippen LogP contribution is -2.36. The molecule has 0 aliphatic carbocycles. The fraction of sp³-hybridized carbons (Fsp3) is 0.500. The summed E-state index contributed by atoms with van der Waals surface area (Å²) in [6.45, 7) is 6.21. The average Bonchev–Trinajstić information content (AvgIpc) is 2.44. The molecule has 0 unspecified atom stereocenters. The van der Waals surface area contributed by atoms with Crippen LogP contribution in [0, 0.1) is 0 Å². The van der Waals surface area contributed by atoms with Crippen LogP contribution in [-0.4, -0.2) is 36.6 Å². The first-order valence-electron chi connectivity index (χ1n) is 6.36. The van der Waals surface area contributed by atoms with Gasteiger partial charge in [-0.3, -0.25) is 4.79 Å². The SMILES string of the molecule is CSC(C)(C)CNC(=O)c1cccc2c1OCCN2. The van der Waals surface area contributed by atoms with E-state index in [0.29, 0.717) is 24.5 Å². The number of para-hydroxylation sites is 1. The van der Waals surface area contributed by atoms with Gasteiger partial charge in [-0.2, -0.15) is 11.8 Å². The average molecular weight is 280 g/mol. The van der Waals surface area contributed by atoms with Crippen molar-refractivity contribution in [1.29, 1.82) is 0 Å². The number of rotatable bonds is 4. The number of fused-ring (bicyclic) bond motifs is 1. The molecule has 0 atom stereocenters. The summed E-state index contributed by atoms with van der Waals surface area (Å²) >= 11 is 1.73. The molecule has 0 aromatic heterocycles. The second-order valence-corrected chi connectivity index (χ2v) is 6.62. The van der Waals surface area contributed by atoms with Gasteiger partial charge in [-0.1, -0.05) is 6.07 Å². The van der Waals surface area contributed by atoms with Crippen molar-refractivity contribution < 1.29 is 9.53 Å². The number of nitrogens with one attached hydrogen (secondary N) is 2. The van der Waals surface area contributed by atoms with E-state index >= 15 is 0 Å². The maximum absolute atomic E-state index is 12.3. The van der Waals surface area contributed by atoms with Crippen LogP contribution in [0.1, 0.15) is 24.2 Å². The molecule has 0 radical (unpaired) electrons. The van der Waals surface area contributed by atoms with E-state index in [-0.39, 0.29) is 10.7 Å². The third-order valence-corrected chi connectivity index (χ3v) is 4.40. The molecule has 2 N–H and O–H groups in total. The van der Waals surface area contributed by atoms with Gasteiger partial charge in [0.25, 0.3) is 5.91 Å². The lowest BCUT2D eigenvalue weighted by Gasteiger charge is -2.24. The number of carbonyl (C=O) groups is 1. The molecule has 0 saturated carbocycles. The highest BCUT2D eigenvalue weighted by Gasteiger charge is 2.21. The Kier molecular flexibility index (Phi) is 4.24. The summed E-state index contributed by atoms with van der Waals surface area (Å²) in [6.07, 6.45) is 2.05. The second-order valence-electron chi connectivity index (χ2n) is 5.10. The minimum atomic E-state index is -0.0809. The Morgan fingerprint density at radius 1 is 1.53 bits per heavy atom. The Bertz CT molecular complexity index is 475. The van der Waals surface area contributed by atoms with Crippen molar-refractivity contribution in [2.24, 2.45) is 0 Å². The van der Waals surface area contributed by atoms with E-state index in [2.05, 4.69) is 24.5 Å². The van der Waals surface area contributed by atoms with Gasteiger partial charge in [0.2, 0.25) is 0 Å². The molecule has 19 heavy (non-hydrogen) atoms. The van der Waals surface area contributed by atoms with Crippen molar-refractivity contribution in [1.82, 2.24) is 5.32 Å². The highest BCUT2D eigenvalue weighted by Crippen LogP contribution is 2.31. The molecule has 0 saturated heterocycles. The Labute approximate surface area is 118 Å². The van der Waals surface area contributed by atoms with E-state index in [1.807, 2.05) is 18.4 Å². The predicted molar refractivity (Wildman–Crippen MR) is 80.4 cm³/mol. The molecule has 0 fully saturated rings. The van der Waals surface area contributed by atoms with E-state index in [9.17, 15) is 4.79 Å². The molecular weight excluding hydrogens is 260 g/mol. The zero-order valence-corrected chi connectivity index (χ0v) is 12.4. The standard InChI is InChI=1S/C14H20N2O2S/c1-14(2,19-3)9-16-13(17)10-5-4-6-11-12(10)18-8-7-15-11/h4-6,15H,7-9H2,1-3H3,(H,16,17). The van der Waals surface area contributed by atoms with Crippen molar-refractivity contribution in [2.75, 3.05) is 31.3 Å². The molecule has 1 amide bonds. The Hall–Kier alpha value is -1.36. The first-order valence-corrected chi connectivity index (χ1v) is 7.59. The van der Waals surface area contributed by atoms with Crippen LogP contribution in [0.25, 0.3) is 0 Å². The van der Waals surface area contributed by atoms with Gasteiger partial charge in [0.05, 0.1) is 11.3 Å². The monoisotopic (exact) mass is 280 g/mol. The van der Waals surface area contributed by atoms with E-state index in [1.165, 1.54) is 0 Å². The van der Waals surface area contributed by atoms with Gasteiger partial charge in [0.1, 0.15) is 6.61 Å². The van der Waals surface area contributed by atoms with Crippen LogP contribution in [0.4, 0.5) is 5.69 Å². The normalized spacial score (nSPS) is 14.1. The highest BCUT2D eigenvalue weighted by molar-refractivity contribution is 7.99. The summed E-state index contributed by atoms with van der Waals surface area (Å²) in [5.74, 6) is 0.580. The van der Waals surface area contributed by atoms with E-state index in [4.69, 9.17) is 4.74 Å². The molecule has 1 heterocycles. The zero-order chi connectivity index (χ0) is 13.9. The van der Waals surface area contributed by atoms with Crippen molar-refractivity contribution >= 4 is 23.4 Å². The number of hydrogen-bond donors (Lipinski definition) is 2. The predicted octanol–water partition coefficient (Wildman–Crippen LogP) is 2.36. The summed E-state index contributed by atoms with van der Waals surface area (Å²) in [7, 11) is 0. The van der Waals surface area contributed by atoms with Crippen LogP contribution < -0.4 is 15.4 Å². The molecule has 1 aromatic rings. The van der Waals surface area contributed by atoms with Gasteiger partial charge in [-0.15, -0.1) is 0 Å². The number of hydrogen-bond acceptors (Lipinski definition) is 4. The summed E-state index contributed by atoms with van der Waals surface area (Å²) in [4.78, 5) is 12.3. The maximum Gasteiger partial charge on any atom is 0.255 e. The largest absolute Gasteiger partial charge is 0.489 e. The van der Waals surface area contributed by atoms with Crippen molar-refractivity contribution in [2.45, 2.75) is 18.6 Å². The first-order chi connectivity index (χ1) is 9.03. The van der Waals surface area contributed by atoms with Crippen LogP contribution >= 0.6 is 11.8 Å². The minimum Gasteiger partial charge on any atom is -0.489 e. The summed E-state index contributed by atoms with van der Waals surface area (Å²) in [5, 5.41) is 6.20. The van der Waals surface area contributed by atoms with Crippen molar-refractivity contribution in [3.8, 4) is 5.75 Å². The first kappa shape index (κ1) is 14.1. The van der Waals surface area contributed by atoms with E-state index < -0.39 is 0 Å². The van der Waals surface area contributed by atoms with Gasteiger partial charge in [-0.25, -0.2) is 0 Å². The Morgan fingerprint density at radius 3 is 3.05 bits per heavy atom. The molecule has 0 spiro atoms. The van der Waals surface area contributed by atoms with Gasteiger partial charge in [0.15, 0.2) is 5.75 Å². The molecule has 2 rings (SSSR count). The number of benzene rings is 1. The summed E-state index contributed by atoms with van der Waals surface area (Å²) in [6, 6.07) is 5.60. The minimum absolute atomic E-state index is 0.0314. The third kappa shape index (κ3) is 3.35. The molecule has 104 valence electrons. The third-order valence-electron chi connectivity index (χ3n) is 3.15. The van der Waals surface area contributed by atoms with E-state index in [1.54, 1.807) is 17.8 Å². The number of amides is 1. The Morgan fingerprint density at radius 2 is 2.32 bits per heavy atom. The van der Waals surface area contributed by atoms with Gasteiger partial charge < -0.3 is 15.4 Å². The molecule has 1 aliphatic rings. The van der Waals surface area contributed by atoms with Gasteiger partial charge in [-0.05, 0) is 32.2 Å². The smallest absolute Gasteiger partial charge is 0.255 e. The summed E-state index contributed by atoms with van der Waals surface area (Å²) < 4.78 is 5.64. The Balaban J connectivity index is 2.11. The lowest BCUT2D eigenvalue weighted by atomic mass is 10.1. The van der Waals surface area contributed by atoms with Crippen molar-refractivity contribution in [3.63, 3.8) is 0 Å². The molecule has 0 bridgehead atoms. The highest BCUT2D eigenvalue weighted by atomic mass is 32.2. The quantitative estimate of drug-likeness (QED) is 0.889. The fourth-order valence-electron chi connectivity index (χ4n) is 1.81. The zero-order valence-electron chi connectivity index (χ0n) is 11.6. The topological polar surface area (TPSA) is 50.4 Å². The van der Waals surface area contributed by atoms with Crippen molar-refractivity contribution in [3.05, 3.63) is 23.8 Å². The molecule has 5 heteroatoms. The van der Waals surface area contributed by atoms with Gasteiger partial charge >= 0.3 is 0 Å². The number of ether oxygens (including phenoxy) is 1. The van der Waals surface area contributed by atoms with E-state index in [0.717, 1.165) is 12.2 Å². The number of thioether (sulfide) groups is 1. The second kappa shape index (κ2) is 5.74. The fourth-order valence-corrected chi connectivity index (χ4v) is 2.03. The van der Waals surface area contributed by atoms with Crippen LogP contribution in [-0.2, 0) is 0 Å². The van der Waals surface area contributed by atoms with Crippen LogP contribution in [0.3, 0.4) is 0 Å². The lowest BCUT2D eigenvalue weighted by molar-refractivity contribution is 0.0946. The maximum atomic E-state index is 12.3. The van der Waals surface area contributed by atoms with Crippen LogP contribution in [0.15, 0.2) is 18.2 Å². The van der Waals surface area contributed by atoms with Crippen LogP contribution in [0.5, 0.6) is 5.75 Å². The molecule has 1 aliphatic heterocycles. The number of anilines is 1. The van der Waals surface area contributed by atoms with Gasteiger partial charge in [0, 0.05) is 17.8 Å². The summed E-state index contributed by atoms with van der Waals surface area (Å²) in [5.41, 5.74) is 1.49. The number of carbonyl (C=O) groups excluding carboxylic acids is 1.